The number of halogens is 1. The van der Waals surface area contributed by atoms with E-state index in [0.29, 0.717) is 11.6 Å². The molecule has 0 bridgehead atoms. The largest absolute Gasteiger partial charge is 0.325 e. The van der Waals surface area contributed by atoms with Crippen LogP contribution < -0.4 is 4.90 Å². The van der Waals surface area contributed by atoms with Crippen LogP contribution in [0.5, 0.6) is 0 Å². The monoisotopic (exact) mass is 299 g/mol. The molecular weight excluding hydrogens is 286 g/mol. The Morgan fingerprint density at radius 3 is 3.05 bits per heavy atom. The second-order valence-electron chi connectivity index (χ2n) is 5.50. The number of aromatic amines is 1. The van der Waals surface area contributed by atoms with Gasteiger partial charge in [0.1, 0.15) is 5.82 Å². The van der Waals surface area contributed by atoms with E-state index in [-0.39, 0.29) is 5.28 Å². The van der Waals surface area contributed by atoms with Crippen LogP contribution in [0, 0.1) is 5.92 Å². The molecule has 0 radical (unpaired) electrons. The maximum Gasteiger partial charge on any atom is 0.226 e. The number of H-pyrrole nitrogens is 1. The van der Waals surface area contributed by atoms with Crippen molar-refractivity contribution in [2.24, 2.45) is 5.92 Å². The topological polar surface area (TPSA) is 57.7 Å². The molecule has 0 saturated heterocycles. The Morgan fingerprint density at radius 2 is 2.14 bits per heavy atom. The number of nitrogens with zero attached hydrogens (tertiary/aromatic N) is 4. The van der Waals surface area contributed by atoms with E-state index in [1.807, 2.05) is 0 Å². The van der Waals surface area contributed by atoms with Gasteiger partial charge in [0.2, 0.25) is 5.28 Å². The molecule has 3 heterocycles. The van der Waals surface area contributed by atoms with Crippen molar-refractivity contribution in [2.75, 3.05) is 11.4 Å². The lowest BCUT2D eigenvalue weighted by molar-refractivity contribution is 0.560. The highest BCUT2D eigenvalue weighted by Gasteiger charge is 2.25. The molecule has 0 spiro atoms. The van der Waals surface area contributed by atoms with Gasteiger partial charge in [0.25, 0.3) is 0 Å². The van der Waals surface area contributed by atoms with Gasteiger partial charge >= 0.3 is 0 Å². The average Bonchev–Trinajstić information content (AvgIpc) is 2.93. The van der Waals surface area contributed by atoms with Crippen molar-refractivity contribution in [1.29, 1.82) is 0 Å². The van der Waals surface area contributed by atoms with Gasteiger partial charge in [0, 0.05) is 12.2 Å². The number of para-hydroxylation sites is 1. The van der Waals surface area contributed by atoms with E-state index < -0.39 is 0 Å². The first kappa shape index (κ1) is 12.6. The number of rotatable bonds is 1. The van der Waals surface area contributed by atoms with Crippen molar-refractivity contribution < 1.29 is 0 Å². The summed E-state index contributed by atoms with van der Waals surface area (Å²) in [6, 6.07) is 8.43. The standard InChI is InChI=1S/C15H14ClN5/c1-9-6-10-4-2-3-5-12(10)21(8-9)14-11-7-17-20-13(11)18-15(16)19-14/h2-5,7,9H,6,8H2,1H3,(H,17,18,19,20). The molecule has 106 valence electrons. The molecule has 0 aliphatic carbocycles. The van der Waals surface area contributed by atoms with Gasteiger partial charge in [0.05, 0.1) is 11.6 Å². The fourth-order valence-electron chi connectivity index (χ4n) is 3.00. The summed E-state index contributed by atoms with van der Waals surface area (Å²) in [5.74, 6) is 1.37. The van der Waals surface area contributed by atoms with Gasteiger partial charge < -0.3 is 4.90 Å². The summed E-state index contributed by atoms with van der Waals surface area (Å²) < 4.78 is 0. The molecule has 1 unspecified atom stereocenters. The Labute approximate surface area is 127 Å². The van der Waals surface area contributed by atoms with Gasteiger partial charge in [-0.1, -0.05) is 25.1 Å². The first-order valence-electron chi connectivity index (χ1n) is 6.94. The maximum absolute atomic E-state index is 6.07. The Balaban J connectivity index is 1.94. The number of hydrogen-bond donors (Lipinski definition) is 1. The SMILES string of the molecule is CC1Cc2ccccc2N(c2nc(Cl)nc3[nH]ncc23)C1. The molecule has 5 nitrogen and oxygen atoms in total. The molecule has 1 aromatic carbocycles. The Kier molecular flexibility index (Phi) is 2.82. The number of aromatic nitrogens is 4. The summed E-state index contributed by atoms with van der Waals surface area (Å²) in [5, 5.41) is 8.05. The lowest BCUT2D eigenvalue weighted by Gasteiger charge is -2.34. The minimum Gasteiger partial charge on any atom is -0.325 e. The zero-order valence-electron chi connectivity index (χ0n) is 11.5. The molecule has 0 fully saturated rings. The zero-order chi connectivity index (χ0) is 14.4. The summed E-state index contributed by atoms with van der Waals surface area (Å²) in [6.07, 6.45) is 2.84. The van der Waals surface area contributed by atoms with Crippen LogP contribution in [0.1, 0.15) is 12.5 Å². The predicted molar refractivity (Wildman–Crippen MR) is 83.0 cm³/mol. The van der Waals surface area contributed by atoms with Crippen LogP contribution >= 0.6 is 11.6 Å². The quantitative estimate of drug-likeness (QED) is 0.700. The second kappa shape index (κ2) is 4.70. The Bertz CT molecular complexity index is 813. The van der Waals surface area contributed by atoms with Crippen molar-refractivity contribution >= 4 is 34.1 Å². The molecule has 1 N–H and O–H groups in total. The van der Waals surface area contributed by atoms with Crippen molar-refractivity contribution in [3.63, 3.8) is 0 Å². The van der Waals surface area contributed by atoms with Crippen LogP contribution in [-0.4, -0.2) is 26.7 Å². The van der Waals surface area contributed by atoms with E-state index in [1.54, 1.807) is 6.20 Å². The van der Waals surface area contributed by atoms with Gasteiger partial charge in [-0.2, -0.15) is 15.1 Å². The molecular formula is C15H14ClN5. The lowest BCUT2D eigenvalue weighted by Crippen LogP contribution is -2.31. The van der Waals surface area contributed by atoms with Gasteiger partial charge in [0.15, 0.2) is 5.65 Å². The van der Waals surface area contributed by atoms with Crippen LogP contribution in [0.15, 0.2) is 30.5 Å². The summed E-state index contributed by atoms with van der Waals surface area (Å²) in [6.45, 7) is 3.16. The summed E-state index contributed by atoms with van der Waals surface area (Å²) >= 11 is 6.07. The summed E-state index contributed by atoms with van der Waals surface area (Å²) in [7, 11) is 0. The first-order valence-corrected chi connectivity index (χ1v) is 7.32. The van der Waals surface area contributed by atoms with Gasteiger partial charge in [-0.15, -0.1) is 0 Å². The normalized spacial score (nSPS) is 18.0. The van der Waals surface area contributed by atoms with Crippen molar-refractivity contribution in [3.05, 3.63) is 41.3 Å². The first-order chi connectivity index (χ1) is 10.2. The number of benzene rings is 1. The van der Waals surface area contributed by atoms with Crippen molar-refractivity contribution in [2.45, 2.75) is 13.3 Å². The maximum atomic E-state index is 6.07. The third-order valence-corrected chi connectivity index (χ3v) is 4.03. The fraction of sp³-hybridized carbons (Fsp3) is 0.267. The van der Waals surface area contributed by atoms with E-state index in [0.717, 1.165) is 24.2 Å². The molecule has 3 aromatic rings. The van der Waals surface area contributed by atoms with Gasteiger partial charge in [-0.3, -0.25) is 5.10 Å². The van der Waals surface area contributed by atoms with E-state index >= 15 is 0 Å². The van der Waals surface area contributed by atoms with Crippen molar-refractivity contribution in [3.8, 4) is 0 Å². The molecule has 2 aromatic heterocycles. The molecule has 6 heteroatoms. The second-order valence-corrected chi connectivity index (χ2v) is 5.84. The molecule has 0 saturated carbocycles. The highest BCUT2D eigenvalue weighted by Crippen LogP contribution is 2.37. The number of hydrogen-bond acceptors (Lipinski definition) is 4. The molecule has 4 rings (SSSR count). The van der Waals surface area contributed by atoms with Crippen LogP contribution in [0.25, 0.3) is 11.0 Å². The molecule has 1 aliphatic rings. The lowest BCUT2D eigenvalue weighted by atomic mass is 9.94. The fourth-order valence-corrected chi connectivity index (χ4v) is 3.16. The molecule has 1 aliphatic heterocycles. The minimum atomic E-state index is 0.234. The molecule has 1 atom stereocenters. The highest BCUT2D eigenvalue weighted by molar-refractivity contribution is 6.28. The van der Waals surface area contributed by atoms with Crippen molar-refractivity contribution in [1.82, 2.24) is 20.2 Å². The Hall–Kier alpha value is -2.14. The van der Waals surface area contributed by atoms with Crippen LogP contribution in [0.4, 0.5) is 11.5 Å². The zero-order valence-corrected chi connectivity index (χ0v) is 12.3. The Morgan fingerprint density at radius 1 is 1.29 bits per heavy atom. The van der Waals surface area contributed by atoms with E-state index in [4.69, 9.17) is 11.6 Å². The smallest absolute Gasteiger partial charge is 0.226 e. The van der Waals surface area contributed by atoms with E-state index in [1.165, 1.54) is 11.3 Å². The van der Waals surface area contributed by atoms with Crippen LogP contribution in [0.3, 0.4) is 0 Å². The predicted octanol–water partition coefficient (Wildman–Crippen LogP) is 3.34. The summed E-state index contributed by atoms with van der Waals surface area (Å²) in [5.41, 5.74) is 3.19. The number of fused-ring (bicyclic) bond motifs is 2. The number of anilines is 2. The average molecular weight is 300 g/mol. The van der Waals surface area contributed by atoms with Gasteiger partial charge in [-0.25, -0.2) is 0 Å². The summed E-state index contributed by atoms with van der Waals surface area (Å²) in [4.78, 5) is 10.8. The molecule has 0 amide bonds. The van der Waals surface area contributed by atoms with Gasteiger partial charge in [-0.05, 0) is 35.6 Å². The highest BCUT2D eigenvalue weighted by atomic mass is 35.5. The molecule has 21 heavy (non-hydrogen) atoms. The van der Waals surface area contributed by atoms with Crippen LogP contribution in [0.2, 0.25) is 5.28 Å². The third-order valence-electron chi connectivity index (χ3n) is 3.86. The third kappa shape index (κ3) is 2.05. The minimum absolute atomic E-state index is 0.234. The van der Waals surface area contributed by atoms with E-state index in [2.05, 4.69) is 56.3 Å². The van der Waals surface area contributed by atoms with Crippen LogP contribution in [-0.2, 0) is 6.42 Å². The number of nitrogens with one attached hydrogen (secondary N) is 1. The van der Waals surface area contributed by atoms with E-state index in [9.17, 15) is 0 Å².